The fourth-order valence-electron chi connectivity index (χ4n) is 3.06. The number of guanidine groups is 1. The summed E-state index contributed by atoms with van der Waals surface area (Å²) in [5.74, 6) is 0.618. The summed E-state index contributed by atoms with van der Waals surface area (Å²) >= 11 is 0. The fourth-order valence-corrected chi connectivity index (χ4v) is 3.06. The van der Waals surface area contributed by atoms with E-state index >= 15 is 0 Å². The molecule has 1 aliphatic heterocycles. The number of rotatable bonds is 9. The highest BCUT2D eigenvalue weighted by Crippen LogP contribution is 2.14. The van der Waals surface area contributed by atoms with Gasteiger partial charge in [0, 0.05) is 34.3 Å². The summed E-state index contributed by atoms with van der Waals surface area (Å²) in [7, 11) is 5.14. The largest absolute Gasteiger partial charge is 0.383 e. The van der Waals surface area contributed by atoms with Crippen LogP contribution in [0.2, 0.25) is 0 Å². The van der Waals surface area contributed by atoms with E-state index in [9.17, 15) is 4.79 Å². The van der Waals surface area contributed by atoms with Gasteiger partial charge < -0.3 is 20.3 Å². The van der Waals surface area contributed by atoms with E-state index in [1.807, 2.05) is 0 Å². The molecular weight excluding hydrogens is 354 g/mol. The molecule has 0 atom stereocenters. The van der Waals surface area contributed by atoms with Gasteiger partial charge in [0.2, 0.25) is 5.91 Å². The molecule has 0 radical (unpaired) electrons. The average molecular weight is 390 g/mol. The summed E-state index contributed by atoms with van der Waals surface area (Å²) in [6.45, 7) is 5.42. The predicted molar refractivity (Wildman–Crippen MR) is 113 cm³/mol. The van der Waals surface area contributed by atoms with Crippen molar-refractivity contribution in [2.24, 2.45) is 4.99 Å². The highest BCUT2D eigenvalue weighted by molar-refractivity contribution is 5.86. The van der Waals surface area contributed by atoms with Crippen LogP contribution in [0.15, 0.2) is 29.3 Å². The van der Waals surface area contributed by atoms with E-state index in [1.165, 1.54) is 37.9 Å². The SMILES string of the molecule is COCCNC(=NCc1ccc(CN2CCCCC2)cc1)NCC(=O)N(C)C. The minimum atomic E-state index is 0.00306. The van der Waals surface area contributed by atoms with Crippen molar-refractivity contribution >= 4 is 11.9 Å². The van der Waals surface area contributed by atoms with Gasteiger partial charge in [-0.1, -0.05) is 30.7 Å². The van der Waals surface area contributed by atoms with Crippen LogP contribution >= 0.6 is 0 Å². The quantitative estimate of drug-likeness (QED) is 0.380. The van der Waals surface area contributed by atoms with Crippen LogP contribution in [0.5, 0.6) is 0 Å². The maximum Gasteiger partial charge on any atom is 0.241 e. The number of piperidine rings is 1. The molecule has 0 aliphatic carbocycles. The molecule has 0 aromatic heterocycles. The molecular formula is C21H35N5O2. The number of likely N-dealkylation sites (N-methyl/N-ethyl adjacent to an activating group) is 1. The number of ether oxygens (including phenoxy) is 1. The second kappa shape index (κ2) is 12.4. The van der Waals surface area contributed by atoms with Crippen molar-refractivity contribution in [2.45, 2.75) is 32.4 Å². The number of nitrogens with one attached hydrogen (secondary N) is 2. The van der Waals surface area contributed by atoms with Gasteiger partial charge >= 0.3 is 0 Å². The van der Waals surface area contributed by atoms with Gasteiger partial charge in [-0.3, -0.25) is 9.69 Å². The maximum atomic E-state index is 11.8. The van der Waals surface area contributed by atoms with Crippen LogP contribution in [0.3, 0.4) is 0 Å². The average Bonchev–Trinajstić information content (AvgIpc) is 2.71. The van der Waals surface area contributed by atoms with Crippen LogP contribution in [0.4, 0.5) is 0 Å². The van der Waals surface area contributed by atoms with Crippen LogP contribution in [0.1, 0.15) is 30.4 Å². The number of hydrogen-bond acceptors (Lipinski definition) is 4. The Balaban J connectivity index is 1.88. The van der Waals surface area contributed by atoms with Gasteiger partial charge in [-0.15, -0.1) is 0 Å². The summed E-state index contributed by atoms with van der Waals surface area (Å²) in [6, 6.07) is 8.67. The Morgan fingerprint density at radius 1 is 1.11 bits per heavy atom. The van der Waals surface area contributed by atoms with Crippen molar-refractivity contribution in [3.8, 4) is 0 Å². The molecule has 0 saturated carbocycles. The topological polar surface area (TPSA) is 69.2 Å². The third-order valence-electron chi connectivity index (χ3n) is 4.80. The van der Waals surface area contributed by atoms with Crippen LogP contribution in [-0.2, 0) is 22.6 Å². The lowest BCUT2D eigenvalue weighted by atomic mass is 10.1. The first kappa shape index (κ1) is 22.2. The number of aliphatic imine (C=N–C) groups is 1. The summed E-state index contributed by atoms with van der Waals surface area (Å²) in [4.78, 5) is 20.5. The molecule has 1 aromatic carbocycles. The molecule has 28 heavy (non-hydrogen) atoms. The van der Waals surface area contributed by atoms with E-state index in [-0.39, 0.29) is 12.5 Å². The van der Waals surface area contributed by atoms with E-state index in [1.54, 1.807) is 26.1 Å². The lowest BCUT2D eigenvalue weighted by molar-refractivity contribution is -0.127. The molecule has 1 amide bonds. The minimum absolute atomic E-state index is 0.00306. The molecule has 1 aliphatic rings. The van der Waals surface area contributed by atoms with Gasteiger partial charge in [-0.25, -0.2) is 4.99 Å². The molecule has 1 fully saturated rings. The van der Waals surface area contributed by atoms with Crippen LogP contribution < -0.4 is 10.6 Å². The standard InChI is InChI=1S/C21H35N5O2/c1-25(2)20(27)16-24-21(22-11-14-28-3)23-15-18-7-9-19(10-8-18)17-26-12-5-4-6-13-26/h7-10H,4-6,11-17H2,1-3H3,(H2,22,23,24). The van der Waals surface area contributed by atoms with Crippen molar-refractivity contribution in [3.05, 3.63) is 35.4 Å². The van der Waals surface area contributed by atoms with E-state index in [2.05, 4.69) is 44.8 Å². The zero-order valence-corrected chi connectivity index (χ0v) is 17.5. The Bertz CT molecular complexity index is 610. The summed E-state index contributed by atoms with van der Waals surface area (Å²) in [5, 5.41) is 6.27. The van der Waals surface area contributed by atoms with E-state index < -0.39 is 0 Å². The number of methoxy groups -OCH3 is 1. The Morgan fingerprint density at radius 2 is 1.79 bits per heavy atom. The molecule has 1 aromatic rings. The molecule has 7 heteroatoms. The van der Waals surface area contributed by atoms with Gasteiger partial charge in [0.1, 0.15) is 0 Å². The third-order valence-corrected chi connectivity index (χ3v) is 4.80. The van der Waals surface area contributed by atoms with E-state index in [0.29, 0.717) is 25.7 Å². The van der Waals surface area contributed by atoms with Crippen molar-refractivity contribution in [2.75, 3.05) is 54.0 Å². The molecule has 1 heterocycles. The zero-order valence-electron chi connectivity index (χ0n) is 17.5. The van der Waals surface area contributed by atoms with Crippen LogP contribution in [0, 0.1) is 0 Å². The van der Waals surface area contributed by atoms with Crippen molar-refractivity contribution < 1.29 is 9.53 Å². The zero-order chi connectivity index (χ0) is 20.2. The number of amides is 1. The first-order valence-electron chi connectivity index (χ1n) is 10.1. The number of hydrogen-bond donors (Lipinski definition) is 2. The highest BCUT2D eigenvalue weighted by atomic mass is 16.5. The summed E-state index contributed by atoms with van der Waals surface area (Å²) < 4.78 is 5.07. The first-order valence-corrected chi connectivity index (χ1v) is 10.1. The van der Waals surface area contributed by atoms with E-state index in [4.69, 9.17) is 4.74 Å². The first-order chi connectivity index (χ1) is 13.6. The lowest BCUT2D eigenvalue weighted by Crippen LogP contribution is -2.43. The summed E-state index contributed by atoms with van der Waals surface area (Å²) in [6.07, 6.45) is 3.99. The second-order valence-corrected chi connectivity index (χ2v) is 7.38. The molecule has 156 valence electrons. The smallest absolute Gasteiger partial charge is 0.241 e. The normalized spacial score (nSPS) is 15.3. The van der Waals surface area contributed by atoms with Crippen molar-refractivity contribution in [3.63, 3.8) is 0 Å². The van der Waals surface area contributed by atoms with Crippen LogP contribution in [0.25, 0.3) is 0 Å². The molecule has 7 nitrogen and oxygen atoms in total. The van der Waals surface area contributed by atoms with Crippen LogP contribution in [-0.4, -0.2) is 75.7 Å². The number of carbonyl (C=O) groups is 1. The Hall–Kier alpha value is -2.12. The third kappa shape index (κ3) is 8.27. The minimum Gasteiger partial charge on any atom is -0.383 e. The van der Waals surface area contributed by atoms with Gasteiger partial charge in [0.25, 0.3) is 0 Å². The molecule has 0 bridgehead atoms. The van der Waals surface area contributed by atoms with Gasteiger partial charge in [-0.2, -0.15) is 0 Å². The highest BCUT2D eigenvalue weighted by Gasteiger charge is 2.10. The molecule has 0 spiro atoms. The maximum absolute atomic E-state index is 11.8. The fraction of sp³-hybridized carbons (Fsp3) is 0.619. The predicted octanol–water partition coefficient (Wildman–Crippen LogP) is 1.44. The van der Waals surface area contributed by atoms with E-state index in [0.717, 1.165) is 12.1 Å². The Kier molecular flexibility index (Phi) is 9.79. The molecule has 2 N–H and O–H groups in total. The van der Waals surface area contributed by atoms with Gasteiger partial charge in [0.05, 0.1) is 19.7 Å². The van der Waals surface area contributed by atoms with Crippen molar-refractivity contribution in [1.29, 1.82) is 0 Å². The second-order valence-electron chi connectivity index (χ2n) is 7.38. The molecule has 1 saturated heterocycles. The monoisotopic (exact) mass is 389 g/mol. The van der Waals surface area contributed by atoms with Gasteiger partial charge in [-0.05, 0) is 37.1 Å². The Labute approximate surface area is 169 Å². The number of likely N-dealkylation sites (tertiary alicyclic amines) is 1. The molecule has 2 rings (SSSR count). The lowest BCUT2D eigenvalue weighted by Gasteiger charge is -2.26. The molecule has 0 unspecified atom stereocenters. The summed E-state index contributed by atoms with van der Waals surface area (Å²) in [5.41, 5.74) is 2.50. The number of benzene rings is 1. The Morgan fingerprint density at radius 3 is 2.43 bits per heavy atom. The number of carbonyl (C=O) groups excluding carboxylic acids is 1. The van der Waals surface area contributed by atoms with Gasteiger partial charge in [0.15, 0.2) is 5.96 Å². The van der Waals surface area contributed by atoms with Crippen molar-refractivity contribution in [1.82, 2.24) is 20.4 Å². The number of nitrogens with zero attached hydrogens (tertiary/aromatic N) is 3.